The minimum absolute atomic E-state index is 0.188. The van der Waals surface area contributed by atoms with Crippen LogP contribution in [-0.4, -0.2) is 27.4 Å². The number of nitrogens with zero attached hydrogens (tertiary/aromatic N) is 3. The molecule has 3 heterocycles. The number of rotatable bonds is 13. The maximum atomic E-state index is 2.69. The molecule has 450 valence electrons. The van der Waals surface area contributed by atoms with E-state index in [1.54, 1.807) is 0 Å². The Morgan fingerprint density at radius 1 is 0.208 bits per heavy atom. The Kier molecular flexibility index (Phi) is 14.0. The van der Waals surface area contributed by atoms with Crippen LogP contribution in [0.1, 0.15) is 0 Å². The quantitative estimate of drug-likeness (QED) is 0.0842. The summed E-state index contributed by atoms with van der Waals surface area (Å²) in [6.45, 7) is -0.188. The van der Waals surface area contributed by atoms with E-state index in [1.165, 1.54) is 79.8 Å². The zero-order valence-corrected chi connectivity index (χ0v) is 54.9. The molecule has 3 nitrogen and oxygen atoms in total. The van der Waals surface area contributed by atoms with Gasteiger partial charge in [0, 0.05) is 44.9 Å². The molecule has 18 rings (SSSR count). The van der Waals surface area contributed by atoms with Crippen LogP contribution in [0.15, 0.2) is 388 Å². The summed E-state index contributed by atoms with van der Waals surface area (Å²) in [5.74, 6) is 0. The van der Waals surface area contributed by atoms with Crippen molar-refractivity contribution < 1.29 is 0 Å². The Hall–Kier alpha value is -11.8. The Labute approximate surface area is 563 Å². The molecule has 0 bridgehead atoms. The molecule has 0 fully saturated rings. The van der Waals surface area contributed by atoms with Gasteiger partial charge in [-0.3, -0.25) is 0 Å². The SMILES string of the molecule is c1ccc(-c2cccc(N3c4cc(-c5ccccc5)ccc4B4c5ccc([Si](c6ccccc6)(c6ccccc6)c6ccccc6)cc5N(c5cccc([Si](c6ccccc6)(c6ccccc6)c6ccccc6)c5)c5cc(-n6c7ccccc7c7ccccc76)cc3c54)c2)cc1. The topological polar surface area (TPSA) is 11.4 Å². The molecule has 0 N–H and O–H groups in total. The Morgan fingerprint density at radius 2 is 0.542 bits per heavy atom. The highest BCUT2D eigenvalue weighted by molar-refractivity contribution is 7.20. The average Bonchev–Trinajstić information content (AvgIpc) is 0.775. The van der Waals surface area contributed by atoms with Crippen molar-refractivity contribution in [3.8, 4) is 27.9 Å². The van der Waals surface area contributed by atoms with Gasteiger partial charge in [-0.05, 0) is 141 Å². The van der Waals surface area contributed by atoms with Gasteiger partial charge in [-0.2, -0.15) is 0 Å². The monoisotopic (exact) mass is 1250 g/mol. The third-order valence-corrected chi connectivity index (χ3v) is 30.0. The molecule has 0 amide bonds. The molecule has 0 saturated carbocycles. The minimum atomic E-state index is -3.14. The minimum Gasteiger partial charge on any atom is -0.311 e. The van der Waals surface area contributed by atoms with Crippen LogP contribution in [0.3, 0.4) is 0 Å². The van der Waals surface area contributed by atoms with Gasteiger partial charge >= 0.3 is 0 Å². The lowest BCUT2D eigenvalue weighted by molar-refractivity contribution is 1.16. The Morgan fingerprint density at radius 3 is 0.990 bits per heavy atom. The zero-order valence-electron chi connectivity index (χ0n) is 52.9. The van der Waals surface area contributed by atoms with Gasteiger partial charge in [0.25, 0.3) is 6.71 Å². The van der Waals surface area contributed by atoms with Gasteiger partial charge in [-0.25, -0.2) is 0 Å². The maximum Gasteiger partial charge on any atom is 0.252 e. The molecule has 2 aliphatic rings. The van der Waals surface area contributed by atoms with Crippen LogP contribution in [0.5, 0.6) is 0 Å². The first-order valence-corrected chi connectivity index (χ1v) is 37.3. The van der Waals surface area contributed by atoms with E-state index < -0.39 is 16.1 Å². The van der Waals surface area contributed by atoms with Crippen LogP contribution in [0.4, 0.5) is 34.1 Å². The normalized spacial score (nSPS) is 12.5. The second-order valence-corrected chi connectivity index (χ2v) is 33.1. The van der Waals surface area contributed by atoms with E-state index >= 15 is 0 Å². The molecule has 96 heavy (non-hydrogen) atoms. The summed E-state index contributed by atoms with van der Waals surface area (Å²) >= 11 is 0. The van der Waals surface area contributed by atoms with Gasteiger partial charge < -0.3 is 14.4 Å². The number of fused-ring (bicyclic) bond motifs is 7. The average molecular weight is 1250 g/mol. The van der Waals surface area contributed by atoms with Crippen molar-refractivity contribution in [1.82, 2.24) is 4.57 Å². The fourth-order valence-electron chi connectivity index (χ4n) is 16.4. The number of hydrogen-bond acceptors (Lipinski definition) is 2. The molecule has 16 aromatic rings. The van der Waals surface area contributed by atoms with E-state index in [-0.39, 0.29) is 6.71 Å². The molecule has 0 aliphatic carbocycles. The summed E-state index contributed by atoms with van der Waals surface area (Å²) in [4.78, 5) is 5.29. The largest absolute Gasteiger partial charge is 0.311 e. The van der Waals surface area contributed by atoms with Crippen molar-refractivity contribution in [3.63, 3.8) is 0 Å². The number of anilines is 6. The first kappa shape index (κ1) is 56.9. The lowest BCUT2D eigenvalue weighted by atomic mass is 9.33. The summed E-state index contributed by atoms with van der Waals surface area (Å²) in [5, 5.41) is 13.0. The van der Waals surface area contributed by atoms with E-state index in [4.69, 9.17) is 0 Å². The van der Waals surface area contributed by atoms with Crippen molar-refractivity contribution in [2.45, 2.75) is 0 Å². The standard InChI is InChI=1S/C90H64BN3Si2/c1-9-31-65(32-10-1)67-35-29-36-69(59-67)92-86-60-68(66-33-11-2-12-34-66)55-57-82(86)91-83-58-56-79(96(75-44-19-6-20-45-75,76-46-21-7-22-47-76)77-48-23-8-24-49-77)64-87(83)93(89-63-71(62-88(92)90(89)91)94-84-53-27-25-51-80(84)81-52-26-28-54-85(81)94)70-37-30-50-78(61-70)95(72-38-13-3-14-39-72,73-40-15-4-16-41-73)74-42-17-5-18-43-74/h1-64H. The summed E-state index contributed by atoms with van der Waals surface area (Å²) in [7, 11) is -6.23. The number of hydrogen-bond donors (Lipinski definition) is 0. The maximum absolute atomic E-state index is 3.14. The highest BCUT2D eigenvalue weighted by atomic mass is 28.3. The smallest absolute Gasteiger partial charge is 0.252 e. The summed E-state index contributed by atoms with van der Waals surface area (Å²) < 4.78 is 2.53. The van der Waals surface area contributed by atoms with Gasteiger partial charge in [0.05, 0.1) is 16.7 Å². The van der Waals surface area contributed by atoms with Crippen molar-refractivity contribution in [2.75, 3.05) is 9.80 Å². The summed E-state index contributed by atoms with van der Waals surface area (Å²) in [6.07, 6.45) is 0. The van der Waals surface area contributed by atoms with Crippen LogP contribution in [0, 0.1) is 0 Å². The van der Waals surface area contributed by atoms with Crippen molar-refractivity contribution in [1.29, 1.82) is 0 Å². The van der Waals surface area contributed by atoms with Gasteiger partial charge in [0.1, 0.15) is 0 Å². The van der Waals surface area contributed by atoms with Crippen LogP contribution in [-0.2, 0) is 0 Å². The van der Waals surface area contributed by atoms with Crippen molar-refractivity contribution >= 4 is 137 Å². The molecule has 0 saturated heterocycles. The lowest BCUT2D eigenvalue weighted by Crippen LogP contribution is -2.75. The molecular formula is C90H64BN3Si2. The number of aromatic nitrogens is 1. The van der Waals surface area contributed by atoms with Crippen molar-refractivity contribution in [3.05, 3.63) is 388 Å². The third-order valence-electron chi connectivity index (χ3n) is 20.4. The van der Waals surface area contributed by atoms with Crippen LogP contribution in [0.25, 0.3) is 49.7 Å². The van der Waals surface area contributed by atoms with E-state index in [1.807, 2.05) is 0 Å². The lowest BCUT2D eigenvalue weighted by Gasteiger charge is -2.45. The molecule has 1 aromatic heterocycles. The van der Waals surface area contributed by atoms with E-state index in [9.17, 15) is 0 Å². The van der Waals surface area contributed by atoms with Crippen LogP contribution < -0.4 is 67.7 Å². The molecule has 6 heteroatoms. The van der Waals surface area contributed by atoms with Crippen molar-refractivity contribution in [2.24, 2.45) is 0 Å². The van der Waals surface area contributed by atoms with Gasteiger partial charge in [0.2, 0.25) is 0 Å². The van der Waals surface area contributed by atoms with Crippen LogP contribution in [0.2, 0.25) is 0 Å². The first-order valence-electron chi connectivity index (χ1n) is 33.3. The highest BCUT2D eigenvalue weighted by Gasteiger charge is 2.48. The van der Waals surface area contributed by atoms with E-state index in [0.717, 1.165) is 62.0 Å². The second kappa shape index (κ2) is 23.6. The Balaban J connectivity index is 1.00. The molecule has 0 radical (unpaired) electrons. The van der Waals surface area contributed by atoms with Gasteiger partial charge in [-0.1, -0.05) is 328 Å². The van der Waals surface area contributed by atoms with Gasteiger partial charge in [-0.15, -0.1) is 0 Å². The van der Waals surface area contributed by atoms with Gasteiger partial charge in [0.15, 0.2) is 16.1 Å². The first-order chi connectivity index (χ1) is 47.6. The molecule has 15 aromatic carbocycles. The number of benzene rings is 15. The molecule has 0 spiro atoms. The zero-order chi connectivity index (χ0) is 63.6. The fraction of sp³-hybridized carbons (Fsp3) is 0. The summed E-state index contributed by atoms with van der Waals surface area (Å²) in [5.41, 5.74) is 18.6. The highest BCUT2D eigenvalue weighted by Crippen LogP contribution is 2.47. The molecule has 0 unspecified atom stereocenters. The number of para-hydroxylation sites is 2. The fourth-order valence-corrected chi connectivity index (χ4v) is 25.9. The van der Waals surface area contributed by atoms with E-state index in [2.05, 4.69) is 403 Å². The predicted octanol–water partition coefficient (Wildman–Crippen LogP) is 15.0. The molecular weight excluding hydrogens is 1190 g/mol. The van der Waals surface area contributed by atoms with Crippen LogP contribution >= 0.6 is 0 Å². The summed E-state index contributed by atoms with van der Waals surface area (Å²) in [6, 6.07) is 147. The van der Waals surface area contributed by atoms with E-state index in [0.29, 0.717) is 0 Å². The molecule has 0 atom stereocenters. The Bertz CT molecular complexity index is 5290. The molecule has 2 aliphatic heterocycles. The predicted molar refractivity (Wildman–Crippen MR) is 413 cm³/mol. The third kappa shape index (κ3) is 9.09. The second-order valence-electron chi connectivity index (χ2n) is 25.4.